The molecule has 0 bridgehead atoms. The van der Waals surface area contributed by atoms with Crippen LogP contribution in [-0.4, -0.2) is 48.9 Å². The van der Waals surface area contributed by atoms with E-state index in [2.05, 4.69) is 56.0 Å². The Hall–Kier alpha value is -1.86. The number of thioether (sulfide) groups is 1. The zero-order valence-electron chi connectivity index (χ0n) is 19.8. The highest BCUT2D eigenvalue weighted by molar-refractivity contribution is 7.99. The Kier molecular flexibility index (Phi) is 16.7. The molecule has 0 aliphatic rings. The number of ether oxygens (including phenoxy) is 1. The van der Waals surface area contributed by atoms with Crippen LogP contribution in [0.3, 0.4) is 0 Å². The van der Waals surface area contributed by atoms with Gasteiger partial charge >= 0.3 is 5.97 Å². The summed E-state index contributed by atoms with van der Waals surface area (Å²) < 4.78 is 4.52. The van der Waals surface area contributed by atoms with E-state index in [1.807, 2.05) is 0 Å². The van der Waals surface area contributed by atoms with E-state index in [1.165, 1.54) is 23.8 Å². The first-order valence-corrected chi connectivity index (χ1v) is 12.0. The van der Waals surface area contributed by atoms with Gasteiger partial charge in [-0.3, -0.25) is 14.4 Å². The van der Waals surface area contributed by atoms with Crippen molar-refractivity contribution >= 4 is 29.4 Å². The Morgan fingerprint density at radius 2 is 1.55 bits per heavy atom. The van der Waals surface area contributed by atoms with Crippen LogP contribution in [0.1, 0.15) is 66.2 Å². The zero-order chi connectivity index (χ0) is 23.6. The summed E-state index contributed by atoms with van der Waals surface area (Å²) in [6, 6.07) is -0.639. The second kappa shape index (κ2) is 17.8. The summed E-state index contributed by atoms with van der Waals surface area (Å²) in [5, 5.41) is 2.68. The third-order valence-corrected chi connectivity index (χ3v) is 5.64. The van der Waals surface area contributed by atoms with Gasteiger partial charge in [0.2, 0.25) is 5.91 Å². The summed E-state index contributed by atoms with van der Waals surface area (Å²) in [6.07, 6.45) is 11.0. The number of methoxy groups -OCH3 is 1. The first-order valence-electron chi connectivity index (χ1n) is 10.8. The van der Waals surface area contributed by atoms with Gasteiger partial charge in [0.1, 0.15) is 0 Å². The number of nitrogens with one attached hydrogen (secondary N) is 1. The maximum atomic E-state index is 12.0. The molecule has 0 aliphatic heterocycles. The van der Waals surface area contributed by atoms with Gasteiger partial charge in [-0.15, -0.1) is 0 Å². The van der Waals surface area contributed by atoms with Gasteiger partial charge in [0.05, 0.1) is 26.1 Å². The Balaban J connectivity index is 4.34. The lowest BCUT2D eigenvalue weighted by atomic mass is 10.1. The van der Waals surface area contributed by atoms with Gasteiger partial charge in [-0.05, 0) is 53.4 Å². The second-order valence-electron chi connectivity index (χ2n) is 7.86. The van der Waals surface area contributed by atoms with Crippen LogP contribution in [0.15, 0.2) is 34.9 Å². The average molecular weight is 453 g/mol. The van der Waals surface area contributed by atoms with E-state index in [-0.39, 0.29) is 31.1 Å². The standard InChI is InChI=1S/C24H40N2O4S/c1-18(2)8-6-9-19(3)10-7-11-20(4)14-15-31-17-21(22(27)16-25)26-23(28)12-13-24(29)30-5/h8,10,14,21H,6-7,9,11-13,15-17,25H2,1-5H3,(H,26,28)/b19-10+,20-14+/t21-/m0/s1. The van der Waals surface area contributed by atoms with Crippen molar-refractivity contribution in [2.75, 3.05) is 25.2 Å². The lowest BCUT2D eigenvalue weighted by molar-refractivity contribution is -0.142. The largest absolute Gasteiger partial charge is 0.469 e. The number of nitrogens with two attached hydrogens (primary N) is 1. The molecule has 0 aromatic rings. The minimum Gasteiger partial charge on any atom is -0.469 e. The minimum absolute atomic E-state index is 0.00796. The van der Waals surface area contributed by atoms with Crippen LogP contribution in [0.4, 0.5) is 0 Å². The number of carbonyl (C=O) groups excluding carboxylic acids is 3. The number of esters is 1. The molecule has 0 saturated carbocycles. The SMILES string of the molecule is COC(=O)CCC(=O)N[C@@H](CSC/C=C(\C)CC/C=C(\C)CCC=C(C)C)C(=O)CN. The summed E-state index contributed by atoms with van der Waals surface area (Å²) >= 11 is 1.58. The van der Waals surface area contributed by atoms with Gasteiger partial charge in [0.15, 0.2) is 5.78 Å². The highest BCUT2D eigenvalue weighted by Crippen LogP contribution is 2.13. The number of Topliss-reactive ketones (excluding diaryl/α,β-unsaturated/α-hetero) is 1. The van der Waals surface area contributed by atoms with E-state index < -0.39 is 12.0 Å². The van der Waals surface area contributed by atoms with Gasteiger partial charge in [0, 0.05) is 17.9 Å². The van der Waals surface area contributed by atoms with Crippen molar-refractivity contribution in [2.45, 2.75) is 72.3 Å². The fourth-order valence-electron chi connectivity index (χ4n) is 2.67. The first-order chi connectivity index (χ1) is 14.7. The van der Waals surface area contributed by atoms with E-state index in [0.717, 1.165) is 31.4 Å². The fraction of sp³-hybridized carbons (Fsp3) is 0.625. The number of ketones is 1. The molecule has 0 aliphatic carbocycles. The molecule has 6 nitrogen and oxygen atoms in total. The molecule has 0 spiro atoms. The van der Waals surface area contributed by atoms with Crippen LogP contribution in [0.25, 0.3) is 0 Å². The van der Waals surface area contributed by atoms with Gasteiger partial charge in [0.25, 0.3) is 0 Å². The molecule has 0 heterocycles. The third kappa shape index (κ3) is 16.5. The maximum Gasteiger partial charge on any atom is 0.306 e. The number of allylic oxidation sites excluding steroid dienone is 5. The molecule has 1 amide bonds. The topological polar surface area (TPSA) is 98.5 Å². The summed E-state index contributed by atoms with van der Waals surface area (Å²) in [5.41, 5.74) is 9.56. The normalized spacial score (nSPS) is 12.8. The average Bonchev–Trinajstić information content (AvgIpc) is 2.73. The maximum absolute atomic E-state index is 12.0. The zero-order valence-corrected chi connectivity index (χ0v) is 20.6. The van der Waals surface area contributed by atoms with E-state index in [4.69, 9.17) is 5.73 Å². The molecule has 0 radical (unpaired) electrons. The summed E-state index contributed by atoms with van der Waals surface area (Å²) in [4.78, 5) is 35.1. The van der Waals surface area contributed by atoms with Crippen LogP contribution >= 0.6 is 11.8 Å². The van der Waals surface area contributed by atoms with Crippen molar-refractivity contribution in [3.8, 4) is 0 Å². The Morgan fingerprint density at radius 3 is 2.13 bits per heavy atom. The van der Waals surface area contributed by atoms with Gasteiger partial charge in [-0.1, -0.05) is 34.9 Å². The van der Waals surface area contributed by atoms with E-state index in [1.54, 1.807) is 11.8 Å². The Labute approximate surface area is 192 Å². The van der Waals surface area contributed by atoms with Crippen molar-refractivity contribution in [1.29, 1.82) is 0 Å². The number of amides is 1. The highest BCUT2D eigenvalue weighted by Gasteiger charge is 2.19. The van der Waals surface area contributed by atoms with E-state index in [9.17, 15) is 14.4 Å². The van der Waals surface area contributed by atoms with Gasteiger partial charge in [-0.25, -0.2) is 0 Å². The van der Waals surface area contributed by atoms with Gasteiger partial charge in [-0.2, -0.15) is 11.8 Å². The number of rotatable bonds is 16. The second-order valence-corrected chi connectivity index (χ2v) is 8.94. The molecule has 0 unspecified atom stereocenters. The van der Waals surface area contributed by atoms with E-state index in [0.29, 0.717) is 5.75 Å². The Morgan fingerprint density at radius 1 is 0.935 bits per heavy atom. The fourth-order valence-corrected chi connectivity index (χ4v) is 3.71. The number of hydrogen-bond acceptors (Lipinski definition) is 6. The first kappa shape index (κ1) is 29.1. The summed E-state index contributed by atoms with van der Waals surface area (Å²) in [7, 11) is 1.27. The summed E-state index contributed by atoms with van der Waals surface area (Å²) in [6.45, 7) is 8.42. The van der Waals surface area contributed by atoms with E-state index >= 15 is 0 Å². The molecule has 3 N–H and O–H groups in total. The number of carbonyl (C=O) groups is 3. The van der Waals surface area contributed by atoms with Crippen molar-refractivity contribution in [1.82, 2.24) is 5.32 Å². The van der Waals surface area contributed by atoms with Crippen molar-refractivity contribution in [3.05, 3.63) is 34.9 Å². The predicted octanol–water partition coefficient (Wildman–Crippen LogP) is 4.10. The summed E-state index contributed by atoms with van der Waals surface area (Å²) in [5.74, 6) is 0.198. The van der Waals surface area contributed by atoms with Crippen LogP contribution < -0.4 is 11.1 Å². The molecular weight excluding hydrogens is 412 g/mol. The molecule has 0 fully saturated rings. The van der Waals surface area contributed by atoms with Crippen LogP contribution in [0, 0.1) is 0 Å². The predicted molar refractivity (Wildman–Crippen MR) is 130 cm³/mol. The molecule has 31 heavy (non-hydrogen) atoms. The van der Waals surface area contributed by atoms with Crippen molar-refractivity contribution < 1.29 is 19.1 Å². The minimum atomic E-state index is -0.639. The molecule has 0 aromatic carbocycles. The van der Waals surface area contributed by atoms with Crippen molar-refractivity contribution in [3.63, 3.8) is 0 Å². The molecule has 0 aromatic heterocycles. The molecule has 0 saturated heterocycles. The Bertz CT molecular complexity index is 664. The monoisotopic (exact) mass is 452 g/mol. The highest BCUT2D eigenvalue weighted by atomic mass is 32.2. The smallest absolute Gasteiger partial charge is 0.306 e. The molecule has 176 valence electrons. The lowest BCUT2D eigenvalue weighted by Gasteiger charge is -2.16. The quantitative estimate of drug-likeness (QED) is 0.208. The molecule has 1 atom stereocenters. The van der Waals surface area contributed by atoms with Crippen LogP contribution in [0.2, 0.25) is 0 Å². The van der Waals surface area contributed by atoms with Crippen LogP contribution in [-0.2, 0) is 19.1 Å². The van der Waals surface area contributed by atoms with Crippen molar-refractivity contribution in [2.24, 2.45) is 5.73 Å². The third-order valence-electron chi connectivity index (χ3n) is 4.67. The lowest BCUT2D eigenvalue weighted by Crippen LogP contribution is -2.45. The number of hydrogen-bond donors (Lipinski definition) is 2. The van der Waals surface area contributed by atoms with Gasteiger partial charge < -0.3 is 15.8 Å². The molecule has 7 heteroatoms. The molecular formula is C24H40N2O4S. The van der Waals surface area contributed by atoms with Crippen LogP contribution in [0.5, 0.6) is 0 Å². The molecule has 0 rings (SSSR count).